The number of Topliss-reactive ketones (excluding diaryl/α,β-unsaturated/α-hetero) is 1. The van der Waals surface area contributed by atoms with Crippen LogP contribution in [-0.4, -0.2) is 20.0 Å². The Morgan fingerprint density at radius 1 is 1.50 bits per heavy atom. The molecule has 0 spiro atoms. The van der Waals surface area contributed by atoms with Gasteiger partial charge in [-0.3, -0.25) is 4.79 Å². The van der Waals surface area contributed by atoms with Crippen molar-refractivity contribution in [1.82, 2.24) is 0 Å². The fourth-order valence-corrected chi connectivity index (χ4v) is 1.27. The van der Waals surface area contributed by atoms with Gasteiger partial charge in [0.1, 0.15) is 5.75 Å². The monoisotopic (exact) mass is 166 g/mol. The lowest BCUT2D eigenvalue weighted by molar-refractivity contribution is -0.117. The van der Waals surface area contributed by atoms with Crippen LogP contribution in [-0.2, 0) is 15.0 Å². The highest BCUT2D eigenvalue weighted by Gasteiger charge is 2.32. The van der Waals surface area contributed by atoms with Crippen LogP contribution in [0, 0.1) is 5.92 Å². The van der Waals surface area contributed by atoms with Gasteiger partial charge in [-0.05, 0) is 12.8 Å². The Morgan fingerprint density at radius 3 is 2.30 bits per heavy atom. The van der Waals surface area contributed by atoms with Crippen LogP contribution in [0.1, 0.15) is 12.8 Å². The summed E-state index contributed by atoms with van der Waals surface area (Å²) in [5.41, 5.74) is 0. The summed E-state index contributed by atoms with van der Waals surface area (Å²) >= 11 is 0. The molecule has 0 unspecified atom stereocenters. The SMILES string of the molecule is O=C(CS(=O)(=O)F)C1CC1. The molecule has 0 amide bonds. The molecular formula is C5H7FO3S. The Balaban J connectivity index is 2.45. The molecule has 0 N–H and O–H groups in total. The molecule has 0 aliphatic heterocycles. The van der Waals surface area contributed by atoms with Crippen LogP contribution in [0.25, 0.3) is 0 Å². The van der Waals surface area contributed by atoms with Crippen molar-refractivity contribution in [3.05, 3.63) is 0 Å². The third-order valence-electron chi connectivity index (χ3n) is 1.35. The van der Waals surface area contributed by atoms with Crippen molar-refractivity contribution in [3.8, 4) is 0 Å². The quantitative estimate of drug-likeness (QED) is 0.565. The molecule has 5 heteroatoms. The van der Waals surface area contributed by atoms with Crippen molar-refractivity contribution in [3.63, 3.8) is 0 Å². The van der Waals surface area contributed by atoms with Gasteiger partial charge < -0.3 is 0 Å². The number of halogens is 1. The van der Waals surface area contributed by atoms with Gasteiger partial charge in [0.2, 0.25) is 0 Å². The molecule has 0 bridgehead atoms. The summed E-state index contributed by atoms with van der Waals surface area (Å²) in [6.07, 6.45) is 1.43. The molecule has 1 aliphatic carbocycles. The van der Waals surface area contributed by atoms with Gasteiger partial charge in [-0.1, -0.05) is 0 Å². The van der Waals surface area contributed by atoms with E-state index < -0.39 is 21.8 Å². The lowest BCUT2D eigenvalue weighted by Gasteiger charge is -1.90. The van der Waals surface area contributed by atoms with Gasteiger partial charge in [-0.2, -0.15) is 8.42 Å². The van der Waals surface area contributed by atoms with E-state index in [0.717, 1.165) is 0 Å². The Kier molecular flexibility index (Phi) is 1.76. The van der Waals surface area contributed by atoms with E-state index in [1.54, 1.807) is 0 Å². The average Bonchev–Trinajstić information content (AvgIpc) is 2.35. The van der Waals surface area contributed by atoms with Crippen LogP contribution in [0.15, 0.2) is 0 Å². The molecule has 10 heavy (non-hydrogen) atoms. The van der Waals surface area contributed by atoms with E-state index >= 15 is 0 Å². The number of carbonyl (C=O) groups is 1. The van der Waals surface area contributed by atoms with Crippen molar-refractivity contribution in [1.29, 1.82) is 0 Å². The van der Waals surface area contributed by atoms with E-state index in [2.05, 4.69) is 0 Å². The van der Waals surface area contributed by atoms with E-state index in [1.165, 1.54) is 0 Å². The average molecular weight is 166 g/mol. The maximum absolute atomic E-state index is 11.8. The van der Waals surface area contributed by atoms with E-state index in [1.807, 2.05) is 0 Å². The van der Waals surface area contributed by atoms with Gasteiger partial charge in [-0.25, -0.2) is 0 Å². The Hall–Kier alpha value is -0.450. The minimum Gasteiger partial charge on any atom is -0.298 e. The zero-order valence-corrected chi connectivity index (χ0v) is 6.03. The molecule has 0 aromatic carbocycles. The van der Waals surface area contributed by atoms with Crippen molar-refractivity contribution >= 4 is 16.0 Å². The van der Waals surface area contributed by atoms with Crippen LogP contribution in [0.3, 0.4) is 0 Å². The van der Waals surface area contributed by atoms with Crippen molar-refractivity contribution in [2.24, 2.45) is 5.92 Å². The molecule has 0 heterocycles. The van der Waals surface area contributed by atoms with Gasteiger partial charge in [-0.15, -0.1) is 3.89 Å². The molecule has 1 fully saturated rings. The van der Waals surface area contributed by atoms with Crippen LogP contribution in [0.4, 0.5) is 3.89 Å². The highest BCUT2D eigenvalue weighted by Crippen LogP contribution is 2.30. The van der Waals surface area contributed by atoms with E-state index in [9.17, 15) is 17.1 Å². The first-order chi connectivity index (χ1) is 4.49. The first-order valence-electron chi connectivity index (χ1n) is 2.94. The second-order valence-corrected chi connectivity index (χ2v) is 3.79. The predicted molar refractivity (Wildman–Crippen MR) is 32.6 cm³/mol. The Bertz CT molecular complexity index is 240. The molecule has 58 valence electrons. The Labute approximate surface area is 58.4 Å². The van der Waals surface area contributed by atoms with E-state index in [0.29, 0.717) is 12.8 Å². The fraction of sp³-hybridized carbons (Fsp3) is 0.800. The maximum Gasteiger partial charge on any atom is 0.309 e. The smallest absolute Gasteiger partial charge is 0.298 e. The van der Waals surface area contributed by atoms with Crippen molar-refractivity contribution in [2.75, 3.05) is 5.75 Å². The number of ketones is 1. The minimum absolute atomic E-state index is 0.175. The second kappa shape index (κ2) is 2.30. The number of rotatable bonds is 3. The molecule has 3 nitrogen and oxygen atoms in total. The zero-order chi connectivity index (χ0) is 7.78. The summed E-state index contributed by atoms with van der Waals surface area (Å²) in [6.45, 7) is 0. The minimum atomic E-state index is -4.58. The van der Waals surface area contributed by atoms with E-state index in [4.69, 9.17) is 0 Å². The van der Waals surface area contributed by atoms with Gasteiger partial charge in [0, 0.05) is 5.92 Å². The molecule has 0 aromatic heterocycles. The largest absolute Gasteiger partial charge is 0.309 e. The molecular weight excluding hydrogens is 159 g/mol. The fourth-order valence-electron chi connectivity index (χ4n) is 0.693. The molecule has 1 saturated carbocycles. The second-order valence-electron chi connectivity index (χ2n) is 2.42. The van der Waals surface area contributed by atoms with Crippen LogP contribution in [0.5, 0.6) is 0 Å². The third-order valence-corrected chi connectivity index (χ3v) is 1.98. The summed E-state index contributed by atoms with van der Waals surface area (Å²) in [7, 11) is -4.58. The summed E-state index contributed by atoms with van der Waals surface area (Å²) in [5.74, 6) is -1.59. The predicted octanol–water partition coefficient (Wildman–Crippen LogP) is 0.265. The normalized spacial score (nSPS) is 18.9. The lowest BCUT2D eigenvalue weighted by atomic mass is 10.3. The molecule has 0 saturated heterocycles. The first-order valence-corrected chi connectivity index (χ1v) is 4.49. The molecule has 0 atom stereocenters. The topological polar surface area (TPSA) is 51.2 Å². The van der Waals surface area contributed by atoms with Crippen molar-refractivity contribution in [2.45, 2.75) is 12.8 Å². The summed E-state index contributed by atoms with van der Waals surface area (Å²) in [5, 5.41) is 0. The number of hydrogen-bond acceptors (Lipinski definition) is 3. The standard InChI is InChI=1S/C5H7FO3S/c6-10(8,9)3-5(7)4-1-2-4/h4H,1-3H2. The van der Waals surface area contributed by atoms with E-state index in [-0.39, 0.29) is 5.92 Å². The van der Waals surface area contributed by atoms with Gasteiger partial charge >= 0.3 is 10.2 Å². The van der Waals surface area contributed by atoms with Gasteiger partial charge in [0.05, 0.1) is 0 Å². The highest BCUT2D eigenvalue weighted by atomic mass is 32.3. The third kappa shape index (κ3) is 2.43. The summed E-state index contributed by atoms with van der Waals surface area (Å²) in [6, 6.07) is 0. The van der Waals surface area contributed by atoms with Crippen LogP contribution in [0.2, 0.25) is 0 Å². The molecule has 1 aliphatic rings. The van der Waals surface area contributed by atoms with Crippen molar-refractivity contribution < 1.29 is 17.1 Å². The Morgan fingerprint density at radius 2 is 2.00 bits per heavy atom. The van der Waals surface area contributed by atoms with Crippen LogP contribution >= 0.6 is 0 Å². The first kappa shape index (κ1) is 7.65. The number of carbonyl (C=O) groups excluding carboxylic acids is 1. The summed E-state index contributed by atoms with van der Waals surface area (Å²) in [4.78, 5) is 10.6. The van der Waals surface area contributed by atoms with Gasteiger partial charge in [0.15, 0.2) is 5.78 Å². The number of hydrogen-bond donors (Lipinski definition) is 0. The molecule has 1 rings (SSSR count). The zero-order valence-electron chi connectivity index (χ0n) is 5.21. The molecule has 0 aromatic rings. The lowest BCUT2D eigenvalue weighted by Crippen LogP contribution is -2.12. The summed E-state index contributed by atoms with van der Waals surface area (Å²) < 4.78 is 31.6. The van der Waals surface area contributed by atoms with Crippen LogP contribution < -0.4 is 0 Å². The van der Waals surface area contributed by atoms with Gasteiger partial charge in [0.25, 0.3) is 0 Å². The highest BCUT2D eigenvalue weighted by molar-refractivity contribution is 7.87. The molecule has 0 radical (unpaired) electrons. The maximum atomic E-state index is 11.8.